The van der Waals surface area contributed by atoms with Crippen molar-refractivity contribution in [3.63, 3.8) is 0 Å². The Balaban J connectivity index is 2.20. The highest BCUT2D eigenvalue weighted by molar-refractivity contribution is 14.1. The van der Waals surface area contributed by atoms with Gasteiger partial charge in [-0.2, -0.15) is 5.26 Å². The van der Waals surface area contributed by atoms with Crippen LogP contribution in [0.15, 0.2) is 34.9 Å². The summed E-state index contributed by atoms with van der Waals surface area (Å²) in [6.07, 6.45) is 0.968. The first-order valence-electron chi connectivity index (χ1n) is 10.0. The molecule has 1 aliphatic carbocycles. The molecule has 1 aromatic rings. The minimum atomic E-state index is -0.580. The second-order valence-corrected chi connectivity index (χ2v) is 9.79. The summed E-state index contributed by atoms with van der Waals surface area (Å²) in [6, 6.07) is 5.94. The van der Waals surface area contributed by atoms with Gasteiger partial charge in [-0.1, -0.05) is 13.8 Å². The third-order valence-electron chi connectivity index (χ3n) is 5.09. The van der Waals surface area contributed by atoms with E-state index in [0.717, 1.165) is 9.13 Å². The number of nitrogens with zero attached hydrogens (tertiary/aromatic N) is 1. The molecule has 7 heteroatoms. The van der Waals surface area contributed by atoms with Crippen LogP contribution in [0, 0.1) is 20.3 Å². The summed E-state index contributed by atoms with van der Waals surface area (Å²) in [7, 11) is 0. The van der Waals surface area contributed by atoms with E-state index >= 15 is 0 Å². The monoisotopic (exact) mass is 522 g/mol. The molecule has 6 nitrogen and oxygen atoms in total. The molecule has 1 heterocycles. The Morgan fingerprint density at radius 2 is 2.07 bits per heavy atom. The van der Waals surface area contributed by atoms with Crippen molar-refractivity contribution in [1.82, 2.24) is 0 Å². The lowest BCUT2D eigenvalue weighted by Crippen LogP contribution is -2.33. The van der Waals surface area contributed by atoms with E-state index in [-0.39, 0.29) is 28.8 Å². The lowest BCUT2D eigenvalue weighted by Gasteiger charge is -2.37. The normalized spacial score (nSPS) is 20.6. The fourth-order valence-electron chi connectivity index (χ4n) is 3.99. The van der Waals surface area contributed by atoms with Crippen molar-refractivity contribution in [3.05, 3.63) is 44.1 Å². The van der Waals surface area contributed by atoms with Crippen LogP contribution in [-0.4, -0.2) is 18.5 Å². The van der Waals surface area contributed by atoms with Crippen molar-refractivity contribution in [2.45, 2.75) is 59.5 Å². The largest absolute Gasteiger partial charge is 0.490 e. The first-order chi connectivity index (χ1) is 14.1. The Bertz CT molecular complexity index is 986. The smallest absolute Gasteiger partial charge is 0.205 e. The first-order valence-corrected chi connectivity index (χ1v) is 11.1. The molecule has 0 saturated carbocycles. The number of benzene rings is 1. The molecule has 0 spiro atoms. The number of rotatable bonds is 5. The van der Waals surface area contributed by atoms with Gasteiger partial charge in [0, 0.05) is 18.4 Å². The van der Waals surface area contributed by atoms with Crippen LogP contribution in [0.2, 0.25) is 0 Å². The quantitative estimate of drug-likeness (QED) is 0.552. The average Bonchev–Trinajstić information content (AvgIpc) is 2.62. The fraction of sp³-hybridized carbons (Fsp3) is 0.478. The minimum Gasteiger partial charge on any atom is -0.490 e. The van der Waals surface area contributed by atoms with Gasteiger partial charge >= 0.3 is 0 Å². The first kappa shape index (κ1) is 22.5. The maximum Gasteiger partial charge on any atom is 0.205 e. The van der Waals surface area contributed by atoms with Gasteiger partial charge in [-0.05, 0) is 66.5 Å². The molecule has 0 saturated heterocycles. The number of carbonyl (C=O) groups excluding carboxylic acids is 1. The number of halogens is 1. The Hall–Kier alpha value is -2.21. The molecule has 1 aromatic carbocycles. The van der Waals surface area contributed by atoms with Crippen LogP contribution in [-0.2, 0) is 9.53 Å². The van der Waals surface area contributed by atoms with Gasteiger partial charge in [-0.15, -0.1) is 0 Å². The van der Waals surface area contributed by atoms with E-state index in [2.05, 4.69) is 28.7 Å². The number of ether oxygens (including phenoxy) is 3. The second kappa shape index (κ2) is 8.50. The number of hydrogen-bond donors (Lipinski definition) is 1. The van der Waals surface area contributed by atoms with E-state index in [1.54, 1.807) is 0 Å². The van der Waals surface area contributed by atoms with Crippen molar-refractivity contribution >= 4 is 28.4 Å². The van der Waals surface area contributed by atoms with Crippen molar-refractivity contribution in [3.8, 4) is 17.6 Å². The van der Waals surface area contributed by atoms with E-state index in [0.29, 0.717) is 42.3 Å². The van der Waals surface area contributed by atoms with Gasteiger partial charge < -0.3 is 19.9 Å². The predicted molar refractivity (Wildman–Crippen MR) is 122 cm³/mol. The topological polar surface area (TPSA) is 94.6 Å². The highest BCUT2D eigenvalue weighted by Gasteiger charge is 2.43. The predicted octanol–water partition coefficient (Wildman–Crippen LogP) is 4.93. The highest BCUT2D eigenvalue weighted by atomic mass is 127. The number of nitriles is 1. The summed E-state index contributed by atoms with van der Waals surface area (Å²) < 4.78 is 18.4. The molecular formula is C23H27IN2O4. The molecule has 2 aliphatic rings. The highest BCUT2D eigenvalue weighted by Crippen LogP contribution is 2.49. The lowest BCUT2D eigenvalue weighted by molar-refractivity contribution is -0.119. The van der Waals surface area contributed by atoms with Crippen LogP contribution in [0.4, 0.5) is 0 Å². The Morgan fingerprint density at radius 3 is 2.67 bits per heavy atom. The average molecular weight is 522 g/mol. The maximum absolute atomic E-state index is 13.1. The maximum atomic E-state index is 13.1. The van der Waals surface area contributed by atoms with Gasteiger partial charge in [0.2, 0.25) is 5.88 Å². The van der Waals surface area contributed by atoms with E-state index in [1.807, 2.05) is 46.8 Å². The lowest BCUT2D eigenvalue weighted by atomic mass is 9.70. The summed E-state index contributed by atoms with van der Waals surface area (Å²) in [6.45, 7) is 10.3. The Labute approximate surface area is 191 Å². The summed E-state index contributed by atoms with van der Waals surface area (Å²) in [4.78, 5) is 13.1. The third kappa shape index (κ3) is 4.29. The van der Waals surface area contributed by atoms with Crippen LogP contribution in [0.25, 0.3) is 0 Å². The number of Topliss-reactive ketones (excluding diaryl/α,β-unsaturated/α-hetero) is 1. The fourth-order valence-corrected chi connectivity index (χ4v) is 4.74. The molecule has 1 atom stereocenters. The van der Waals surface area contributed by atoms with E-state index in [9.17, 15) is 10.1 Å². The molecule has 2 N–H and O–H groups in total. The van der Waals surface area contributed by atoms with Gasteiger partial charge in [-0.25, -0.2) is 0 Å². The zero-order chi connectivity index (χ0) is 22.2. The third-order valence-corrected chi connectivity index (χ3v) is 5.90. The van der Waals surface area contributed by atoms with E-state index in [1.165, 1.54) is 0 Å². The van der Waals surface area contributed by atoms with Gasteiger partial charge in [0.1, 0.15) is 17.4 Å². The van der Waals surface area contributed by atoms with Crippen molar-refractivity contribution in [2.24, 2.45) is 11.1 Å². The molecule has 3 rings (SSSR count). The summed E-state index contributed by atoms with van der Waals surface area (Å²) >= 11 is 2.20. The van der Waals surface area contributed by atoms with Gasteiger partial charge in [0.05, 0.1) is 22.2 Å². The molecule has 0 aromatic heterocycles. The van der Waals surface area contributed by atoms with Crippen LogP contribution in [0.5, 0.6) is 11.5 Å². The second-order valence-electron chi connectivity index (χ2n) is 8.63. The standard InChI is InChI=1S/C23H27IN2O4/c1-6-28-17-8-13(7-15(24)21(17)29-12(2)3)19-14(11-25)22(26)30-18-10-23(4,5)9-16(27)20(18)19/h7-8,12,19H,6,9-10,26H2,1-5H3. The number of nitrogens with two attached hydrogens (primary N) is 1. The Morgan fingerprint density at radius 1 is 1.37 bits per heavy atom. The van der Waals surface area contributed by atoms with Crippen molar-refractivity contribution in [1.29, 1.82) is 5.26 Å². The number of allylic oxidation sites excluding steroid dienone is 3. The molecular weight excluding hydrogens is 495 g/mol. The summed E-state index contributed by atoms with van der Waals surface area (Å²) in [5, 5.41) is 9.83. The van der Waals surface area contributed by atoms with Crippen LogP contribution in [0.3, 0.4) is 0 Å². The SMILES string of the molecule is CCOc1cc(C2C(C#N)=C(N)OC3=C2C(=O)CC(C)(C)C3)cc(I)c1OC(C)C. The molecule has 160 valence electrons. The number of hydrogen-bond acceptors (Lipinski definition) is 6. The minimum absolute atomic E-state index is 0.0121. The van der Waals surface area contributed by atoms with Crippen LogP contribution < -0.4 is 15.2 Å². The molecule has 1 unspecified atom stereocenters. The molecule has 0 amide bonds. The molecule has 0 fully saturated rings. The van der Waals surface area contributed by atoms with Crippen molar-refractivity contribution < 1.29 is 19.0 Å². The summed E-state index contributed by atoms with van der Waals surface area (Å²) in [5.41, 5.74) is 7.44. The van der Waals surface area contributed by atoms with E-state index in [4.69, 9.17) is 19.9 Å². The zero-order valence-corrected chi connectivity index (χ0v) is 20.1. The molecule has 30 heavy (non-hydrogen) atoms. The summed E-state index contributed by atoms with van der Waals surface area (Å²) in [5.74, 6) is 1.27. The molecule has 0 radical (unpaired) electrons. The Kier molecular flexibility index (Phi) is 6.37. The van der Waals surface area contributed by atoms with E-state index < -0.39 is 5.92 Å². The van der Waals surface area contributed by atoms with Crippen molar-refractivity contribution in [2.75, 3.05) is 6.61 Å². The number of carbonyl (C=O) groups is 1. The van der Waals surface area contributed by atoms with Gasteiger partial charge in [-0.3, -0.25) is 4.79 Å². The van der Waals surface area contributed by atoms with Crippen LogP contribution >= 0.6 is 22.6 Å². The van der Waals surface area contributed by atoms with Gasteiger partial charge in [0.25, 0.3) is 0 Å². The van der Waals surface area contributed by atoms with Crippen LogP contribution in [0.1, 0.15) is 58.9 Å². The molecule has 0 bridgehead atoms. The number of ketones is 1. The van der Waals surface area contributed by atoms with Gasteiger partial charge in [0.15, 0.2) is 17.3 Å². The zero-order valence-electron chi connectivity index (χ0n) is 18.0. The molecule has 1 aliphatic heterocycles.